The Bertz CT molecular complexity index is 1080. The summed E-state index contributed by atoms with van der Waals surface area (Å²) in [6.07, 6.45) is 0. The Morgan fingerprint density at radius 1 is 1.00 bits per heavy atom. The minimum atomic E-state index is -4.99. The number of aromatic nitrogens is 3. The van der Waals surface area contributed by atoms with Gasteiger partial charge in [0, 0.05) is 27.2 Å². The molecule has 0 unspecified atom stereocenters. The van der Waals surface area contributed by atoms with E-state index in [2.05, 4.69) is 25.6 Å². The number of nitrogens with one attached hydrogen (secondary N) is 2. The van der Waals surface area contributed by atoms with Crippen molar-refractivity contribution in [3.63, 3.8) is 0 Å². The summed E-state index contributed by atoms with van der Waals surface area (Å²) in [5, 5.41) is 5.28. The van der Waals surface area contributed by atoms with Gasteiger partial charge in [-0.2, -0.15) is 15.0 Å². The fourth-order valence-electron chi connectivity index (χ4n) is 1.98. The molecule has 1 heterocycles. The number of nitrogens with zero attached hydrogens (tertiary/aromatic N) is 4. The van der Waals surface area contributed by atoms with Gasteiger partial charge in [-0.15, -0.1) is 0 Å². The Balaban J connectivity index is 0.00000420. The summed E-state index contributed by atoms with van der Waals surface area (Å²) in [5.74, 6) is 0.0884. The van der Waals surface area contributed by atoms with Gasteiger partial charge in [-0.1, -0.05) is 0 Å². The Hall–Kier alpha value is -0.590. The van der Waals surface area contributed by atoms with Crippen LogP contribution in [0.4, 0.5) is 23.5 Å². The molecule has 2 aromatic rings. The van der Waals surface area contributed by atoms with Crippen LogP contribution in [0.15, 0.2) is 28.0 Å². The van der Waals surface area contributed by atoms with Crippen molar-refractivity contribution in [1.29, 1.82) is 0 Å². The predicted octanol–water partition coefficient (Wildman–Crippen LogP) is -7.13. The molecule has 0 radical (unpaired) electrons. The molecule has 17 heteroatoms. The third kappa shape index (κ3) is 8.16. The molecule has 0 aliphatic carbocycles. The van der Waals surface area contributed by atoms with E-state index in [-0.39, 0.29) is 83.5 Å². The SMILES string of the molecule is CN(C)c1nc(NCCN)nc(Nc2cc(S(=O)(=O)[O-])ccc2S(=O)(=O)[O-])n1.[Na+].[Na+]. The number of hydrogen-bond donors (Lipinski definition) is 3. The normalized spacial score (nSPS) is 11.1. The molecule has 4 N–H and O–H groups in total. The van der Waals surface area contributed by atoms with Gasteiger partial charge >= 0.3 is 59.1 Å². The van der Waals surface area contributed by atoms with E-state index in [1.165, 1.54) is 4.90 Å². The van der Waals surface area contributed by atoms with Crippen LogP contribution in [0.2, 0.25) is 0 Å². The van der Waals surface area contributed by atoms with Gasteiger partial charge in [0.25, 0.3) is 0 Å². The predicted molar refractivity (Wildman–Crippen MR) is 97.3 cm³/mol. The molecule has 0 aliphatic rings. The topological polar surface area (TPSA) is 206 Å². The molecule has 0 saturated heterocycles. The molecule has 30 heavy (non-hydrogen) atoms. The van der Waals surface area contributed by atoms with Gasteiger partial charge in [-0.25, -0.2) is 16.8 Å². The first kappa shape index (κ1) is 29.4. The summed E-state index contributed by atoms with van der Waals surface area (Å²) in [6, 6.07) is 2.17. The summed E-state index contributed by atoms with van der Waals surface area (Å²) in [6.45, 7) is 0.619. The number of benzene rings is 1. The second-order valence-corrected chi connectivity index (χ2v) is 8.31. The smallest absolute Gasteiger partial charge is 0.744 e. The van der Waals surface area contributed by atoms with Gasteiger partial charge in [0.05, 0.1) is 15.5 Å². The van der Waals surface area contributed by atoms with E-state index in [0.717, 1.165) is 18.2 Å². The van der Waals surface area contributed by atoms with Gasteiger partial charge in [0.1, 0.15) is 20.2 Å². The standard InChI is InChI=1S/C13H19N7O6S2.2Na/c1-20(2)13-18-11(15-6-5-14)17-12(19-13)16-9-7-8(27(21,22)23)3-4-10(9)28(24,25)26;;/h3-4,7H,5-6,14H2,1-2H3,(H,21,22,23)(H,24,25,26)(H2,15,16,17,18,19);;/q;2*+1/p-2. The molecule has 0 aliphatic heterocycles. The van der Waals surface area contributed by atoms with Gasteiger partial charge in [0.15, 0.2) is 0 Å². The monoisotopic (exact) mass is 477 g/mol. The Morgan fingerprint density at radius 3 is 2.10 bits per heavy atom. The van der Waals surface area contributed by atoms with E-state index in [9.17, 15) is 25.9 Å². The number of nitrogens with two attached hydrogens (primary N) is 1. The van der Waals surface area contributed by atoms with Crippen molar-refractivity contribution in [2.24, 2.45) is 5.73 Å². The maximum Gasteiger partial charge on any atom is 1.00 e. The molecule has 0 fully saturated rings. The first-order valence-corrected chi connectivity index (χ1v) is 10.4. The first-order valence-electron chi connectivity index (χ1n) is 7.62. The average molecular weight is 477 g/mol. The third-order valence-corrected chi connectivity index (χ3v) is 4.93. The molecule has 0 atom stereocenters. The van der Waals surface area contributed by atoms with Crippen molar-refractivity contribution in [3.8, 4) is 0 Å². The second kappa shape index (κ2) is 11.9. The molecule has 0 spiro atoms. The van der Waals surface area contributed by atoms with Crippen molar-refractivity contribution < 1.29 is 85.1 Å². The molecule has 154 valence electrons. The number of rotatable bonds is 8. The Labute approximate surface area is 218 Å². The van der Waals surface area contributed by atoms with E-state index in [4.69, 9.17) is 5.73 Å². The van der Waals surface area contributed by atoms with Crippen LogP contribution in [0.3, 0.4) is 0 Å². The number of hydrogen-bond acceptors (Lipinski definition) is 13. The summed E-state index contributed by atoms with van der Waals surface area (Å²) >= 11 is 0. The molecular formula is C13H17N7Na2O6S2. The molecule has 0 amide bonds. The minimum absolute atomic E-state index is 0. The first-order chi connectivity index (χ1) is 12.9. The van der Waals surface area contributed by atoms with E-state index in [1.54, 1.807) is 14.1 Å². The van der Waals surface area contributed by atoms with Crippen LogP contribution >= 0.6 is 0 Å². The second-order valence-electron chi connectivity index (χ2n) is 5.58. The van der Waals surface area contributed by atoms with Crippen molar-refractivity contribution in [1.82, 2.24) is 15.0 Å². The van der Waals surface area contributed by atoms with Crippen LogP contribution in [0.5, 0.6) is 0 Å². The molecule has 1 aromatic carbocycles. The van der Waals surface area contributed by atoms with E-state index in [0.29, 0.717) is 6.54 Å². The fraction of sp³-hybridized carbons (Fsp3) is 0.308. The minimum Gasteiger partial charge on any atom is -0.744 e. The summed E-state index contributed by atoms with van der Waals surface area (Å²) in [4.78, 5) is 12.2. The largest absolute Gasteiger partial charge is 1.00 e. The Kier molecular flexibility index (Phi) is 11.6. The quantitative estimate of drug-likeness (QED) is 0.239. The zero-order chi connectivity index (χ0) is 21.1. The maximum absolute atomic E-state index is 11.5. The molecule has 0 bridgehead atoms. The van der Waals surface area contributed by atoms with Gasteiger partial charge in [0.2, 0.25) is 17.8 Å². The van der Waals surface area contributed by atoms with Crippen LogP contribution in [0, 0.1) is 0 Å². The van der Waals surface area contributed by atoms with Crippen molar-refractivity contribution in [2.45, 2.75) is 9.79 Å². The average Bonchev–Trinajstić information content (AvgIpc) is 2.58. The van der Waals surface area contributed by atoms with Gasteiger partial charge in [-0.05, 0) is 18.2 Å². The van der Waals surface area contributed by atoms with E-state index in [1.807, 2.05) is 0 Å². The third-order valence-electron chi connectivity index (χ3n) is 3.21. The van der Waals surface area contributed by atoms with Crippen LogP contribution in [-0.2, 0) is 20.2 Å². The molecule has 13 nitrogen and oxygen atoms in total. The molecule has 1 aromatic heterocycles. The van der Waals surface area contributed by atoms with Crippen molar-refractivity contribution >= 4 is 43.8 Å². The summed E-state index contributed by atoms with van der Waals surface area (Å²) in [5.41, 5.74) is 4.95. The molecular weight excluding hydrogens is 460 g/mol. The number of anilines is 4. The van der Waals surface area contributed by atoms with Crippen LogP contribution < -0.4 is 80.4 Å². The summed E-state index contributed by atoms with van der Waals surface area (Å²) < 4.78 is 68.1. The zero-order valence-electron chi connectivity index (χ0n) is 16.8. The van der Waals surface area contributed by atoms with Crippen molar-refractivity contribution in [3.05, 3.63) is 18.2 Å². The molecule has 2 rings (SSSR count). The van der Waals surface area contributed by atoms with Gasteiger partial charge in [-0.3, -0.25) is 0 Å². The zero-order valence-corrected chi connectivity index (χ0v) is 22.4. The fourth-order valence-corrected chi connectivity index (χ4v) is 3.10. The summed E-state index contributed by atoms with van der Waals surface area (Å²) in [7, 11) is -6.60. The van der Waals surface area contributed by atoms with Crippen LogP contribution in [-0.4, -0.2) is 68.1 Å². The van der Waals surface area contributed by atoms with E-state index < -0.39 is 35.7 Å². The maximum atomic E-state index is 11.5. The van der Waals surface area contributed by atoms with Crippen LogP contribution in [0.25, 0.3) is 0 Å². The van der Waals surface area contributed by atoms with Crippen LogP contribution in [0.1, 0.15) is 0 Å². The van der Waals surface area contributed by atoms with Gasteiger partial charge < -0.3 is 30.4 Å². The Morgan fingerprint density at radius 2 is 1.60 bits per heavy atom. The van der Waals surface area contributed by atoms with E-state index >= 15 is 0 Å². The van der Waals surface area contributed by atoms with Crippen molar-refractivity contribution in [2.75, 3.05) is 42.7 Å². The molecule has 0 saturated carbocycles.